The van der Waals surface area contributed by atoms with Crippen LogP contribution in [-0.2, 0) is 0 Å². The Hall–Kier alpha value is -6.00. The van der Waals surface area contributed by atoms with Crippen molar-refractivity contribution >= 4 is 55.7 Å². The first kappa shape index (κ1) is 28.2. The number of nitrogens with one attached hydrogen (secondary N) is 1. The Morgan fingerprint density at radius 3 is 2.21 bits per heavy atom. The minimum absolute atomic E-state index is 0.0711. The van der Waals surface area contributed by atoms with Crippen LogP contribution < -0.4 is 9.80 Å². The van der Waals surface area contributed by atoms with Crippen molar-refractivity contribution in [1.82, 2.24) is 4.98 Å². The third kappa shape index (κ3) is 4.52. The van der Waals surface area contributed by atoms with Crippen LogP contribution in [0.2, 0.25) is 0 Å². The van der Waals surface area contributed by atoms with Gasteiger partial charge in [-0.3, -0.25) is 5.41 Å². The molecule has 0 saturated carbocycles. The van der Waals surface area contributed by atoms with Crippen LogP contribution in [0.3, 0.4) is 0 Å². The Bertz CT molecular complexity index is 2360. The molecule has 0 bridgehead atoms. The minimum Gasteiger partial charge on any atom is -0.338 e. The molecule has 1 N–H and O–H groups in total. The predicted octanol–water partition coefficient (Wildman–Crippen LogP) is 10.7. The maximum atomic E-state index is 9.29. The normalized spacial score (nSPS) is 17.0. The van der Waals surface area contributed by atoms with Crippen molar-refractivity contribution in [2.75, 3.05) is 16.3 Å². The quantitative estimate of drug-likeness (QED) is 0.200. The lowest BCUT2D eigenvalue weighted by molar-refractivity contribution is 0.563. The van der Waals surface area contributed by atoms with Crippen LogP contribution in [0.4, 0.5) is 22.9 Å². The smallest absolute Gasteiger partial charge is 0.133 e. The number of anilines is 4. The molecular weight excluding hydrogens is 585 g/mol. The Kier molecular flexibility index (Phi) is 6.68. The molecule has 3 heterocycles. The summed E-state index contributed by atoms with van der Waals surface area (Å²) >= 11 is 0. The predicted molar refractivity (Wildman–Crippen MR) is 200 cm³/mol. The first-order valence-corrected chi connectivity index (χ1v) is 16.6. The van der Waals surface area contributed by atoms with Gasteiger partial charge >= 0.3 is 0 Å². The zero-order valence-electron chi connectivity index (χ0n) is 26.6. The summed E-state index contributed by atoms with van der Waals surface area (Å²) < 4.78 is 0. The van der Waals surface area contributed by atoms with Gasteiger partial charge in [0.05, 0.1) is 11.8 Å². The maximum Gasteiger partial charge on any atom is 0.133 e. The van der Waals surface area contributed by atoms with Gasteiger partial charge in [-0.2, -0.15) is 0 Å². The standard InChI is InChI=1S/C44H34N4/c1-29-25-37-41(48(42-21-11-12-24-46-42)39-23-22-30-13-5-8-19-36(30)43(37)39)28-47(38-20-10-9-17-34(29)38)40-27-33(26-32-16-6-7-18-35(32)40)44(45)31-14-3-2-4-15-31/h2-24,26-27,37,41,45H,1,25,28H2. The minimum atomic E-state index is 0.0711. The van der Waals surface area contributed by atoms with E-state index in [1.54, 1.807) is 0 Å². The summed E-state index contributed by atoms with van der Waals surface area (Å²) in [5.74, 6) is 1.14. The van der Waals surface area contributed by atoms with E-state index in [1.807, 2.05) is 42.6 Å². The fourth-order valence-electron chi connectivity index (χ4n) is 8.00. The van der Waals surface area contributed by atoms with Gasteiger partial charge in [0.1, 0.15) is 5.82 Å². The van der Waals surface area contributed by atoms with Gasteiger partial charge in [-0.1, -0.05) is 116 Å². The number of allylic oxidation sites excluding steroid dienone is 1. The Morgan fingerprint density at radius 2 is 1.38 bits per heavy atom. The Morgan fingerprint density at radius 1 is 0.646 bits per heavy atom. The summed E-state index contributed by atoms with van der Waals surface area (Å²) in [6.07, 6.45) is 2.74. The highest BCUT2D eigenvalue weighted by Gasteiger charge is 2.43. The number of nitrogens with zero attached hydrogens (tertiary/aromatic N) is 3. The van der Waals surface area contributed by atoms with Gasteiger partial charge in [0.15, 0.2) is 0 Å². The fourth-order valence-corrected chi connectivity index (χ4v) is 8.00. The van der Waals surface area contributed by atoms with Gasteiger partial charge in [0.2, 0.25) is 0 Å². The molecule has 4 nitrogen and oxygen atoms in total. The highest BCUT2D eigenvalue weighted by Crippen LogP contribution is 2.53. The van der Waals surface area contributed by atoms with Crippen molar-refractivity contribution in [2.24, 2.45) is 0 Å². The molecular formula is C44H34N4. The number of benzene rings is 6. The lowest BCUT2D eigenvalue weighted by Gasteiger charge is -2.39. The maximum absolute atomic E-state index is 9.29. The summed E-state index contributed by atoms with van der Waals surface area (Å²) in [5, 5.41) is 14.1. The lowest BCUT2D eigenvalue weighted by atomic mass is 9.82. The number of aromatic nitrogens is 1. The van der Waals surface area contributed by atoms with Crippen LogP contribution in [0.5, 0.6) is 0 Å². The van der Waals surface area contributed by atoms with E-state index in [0.717, 1.165) is 57.6 Å². The zero-order chi connectivity index (χ0) is 32.2. The van der Waals surface area contributed by atoms with Gasteiger partial charge in [-0.15, -0.1) is 0 Å². The number of para-hydroxylation sites is 1. The molecule has 4 heteroatoms. The number of pyridine rings is 1. The van der Waals surface area contributed by atoms with Gasteiger partial charge < -0.3 is 9.80 Å². The molecule has 48 heavy (non-hydrogen) atoms. The second-order valence-corrected chi connectivity index (χ2v) is 12.8. The highest BCUT2D eigenvalue weighted by atomic mass is 15.3. The lowest BCUT2D eigenvalue weighted by Crippen LogP contribution is -2.42. The van der Waals surface area contributed by atoms with E-state index in [0.29, 0.717) is 5.71 Å². The topological polar surface area (TPSA) is 43.2 Å². The number of hydrogen-bond donors (Lipinski definition) is 1. The van der Waals surface area contributed by atoms with E-state index >= 15 is 0 Å². The van der Waals surface area contributed by atoms with Gasteiger partial charge in [-0.25, -0.2) is 4.98 Å². The van der Waals surface area contributed by atoms with Crippen LogP contribution >= 0.6 is 0 Å². The average molecular weight is 619 g/mol. The third-order valence-electron chi connectivity index (χ3n) is 10.2. The molecule has 9 rings (SSSR count). The summed E-state index contributed by atoms with van der Waals surface area (Å²) in [6, 6.07) is 51.2. The molecule has 6 aromatic carbocycles. The van der Waals surface area contributed by atoms with E-state index in [2.05, 4.69) is 119 Å². The molecule has 2 atom stereocenters. The fraction of sp³-hybridized carbons (Fsp3) is 0.0909. The van der Waals surface area contributed by atoms with Crippen LogP contribution in [-0.4, -0.2) is 23.3 Å². The van der Waals surface area contributed by atoms with Gasteiger partial charge in [0.25, 0.3) is 0 Å². The van der Waals surface area contributed by atoms with Crippen LogP contribution in [0.1, 0.15) is 34.6 Å². The zero-order valence-corrected chi connectivity index (χ0v) is 26.6. The summed E-state index contributed by atoms with van der Waals surface area (Å²) in [7, 11) is 0. The van der Waals surface area contributed by atoms with Crippen LogP contribution in [0, 0.1) is 5.41 Å². The molecule has 2 unspecified atom stereocenters. The number of hydrogen-bond acceptors (Lipinski definition) is 4. The van der Waals surface area contributed by atoms with Crippen molar-refractivity contribution in [3.05, 3.63) is 181 Å². The van der Waals surface area contributed by atoms with E-state index in [1.165, 1.54) is 27.6 Å². The molecule has 1 aromatic heterocycles. The van der Waals surface area contributed by atoms with Crippen molar-refractivity contribution in [3.63, 3.8) is 0 Å². The van der Waals surface area contributed by atoms with E-state index in [4.69, 9.17) is 11.6 Å². The Balaban J connectivity index is 1.29. The van der Waals surface area contributed by atoms with Crippen LogP contribution in [0.25, 0.3) is 27.1 Å². The molecule has 2 aliphatic rings. The molecule has 0 radical (unpaired) electrons. The number of rotatable bonds is 4. The van der Waals surface area contributed by atoms with E-state index in [-0.39, 0.29) is 12.0 Å². The van der Waals surface area contributed by atoms with Crippen molar-refractivity contribution in [1.29, 1.82) is 5.41 Å². The molecule has 230 valence electrons. The van der Waals surface area contributed by atoms with E-state index < -0.39 is 0 Å². The highest BCUT2D eigenvalue weighted by molar-refractivity contribution is 6.14. The second-order valence-electron chi connectivity index (χ2n) is 12.8. The summed E-state index contributed by atoms with van der Waals surface area (Å²) in [5.41, 5.74) is 9.42. The van der Waals surface area contributed by atoms with Crippen molar-refractivity contribution in [3.8, 4) is 0 Å². The SMILES string of the molecule is C=C1CC2c3c(ccc4ccccc34)N(c3ccccn3)C2CN(c2cc(C(=N)c3ccccc3)cc3ccccc23)c2ccccc21. The summed E-state index contributed by atoms with van der Waals surface area (Å²) in [6.45, 7) is 5.47. The molecule has 7 aromatic rings. The molecule has 0 saturated heterocycles. The monoisotopic (exact) mass is 618 g/mol. The molecule has 0 aliphatic carbocycles. The van der Waals surface area contributed by atoms with E-state index in [9.17, 15) is 5.41 Å². The van der Waals surface area contributed by atoms with Crippen molar-refractivity contribution in [2.45, 2.75) is 18.4 Å². The molecule has 2 aliphatic heterocycles. The second kappa shape index (κ2) is 11.4. The van der Waals surface area contributed by atoms with Crippen molar-refractivity contribution < 1.29 is 0 Å². The summed E-state index contributed by atoms with van der Waals surface area (Å²) in [4.78, 5) is 9.89. The Labute approximate surface area is 280 Å². The first-order chi connectivity index (χ1) is 23.7. The third-order valence-corrected chi connectivity index (χ3v) is 10.2. The largest absolute Gasteiger partial charge is 0.338 e. The first-order valence-electron chi connectivity index (χ1n) is 16.6. The van der Waals surface area contributed by atoms with Gasteiger partial charge in [-0.05, 0) is 75.7 Å². The van der Waals surface area contributed by atoms with Gasteiger partial charge in [0, 0.05) is 52.2 Å². The average Bonchev–Trinajstić information content (AvgIpc) is 3.45. The molecule has 0 fully saturated rings. The molecule has 0 spiro atoms. The molecule has 0 amide bonds. The number of fused-ring (bicyclic) bond motifs is 7. The van der Waals surface area contributed by atoms with Crippen LogP contribution in [0.15, 0.2) is 158 Å².